The number of fused-ring (bicyclic) bond motifs is 4. The van der Waals surface area contributed by atoms with Crippen LogP contribution in [-0.2, 0) is 39.3 Å². The quantitative estimate of drug-likeness (QED) is 0.0407. The van der Waals surface area contributed by atoms with E-state index in [1.54, 1.807) is 49.6 Å². The molecule has 0 atom stereocenters. The molecule has 0 aliphatic carbocycles. The summed E-state index contributed by atoms with van der Waals surface area (Å²) in [4.78, 5) is 47.8. The van der Waals surface area contributed by atoms with Crippen LogP contribution in [-0.4, -0.2) is 101 Å². The topological polar surface area (TPSA) is 308 Å². The first-order valence-corrected chi connectivity index (χ1v) is 24.6. The highest BCUT2D eigenvalue weighted by molar-refractivity contribution is 6.29. The first-order valence-electron chi connectivity index (χ1n) is 23.1. The minimum absolute atomic E-state index is 0.194. The van der Waals surface area contributed by atoms with Crippen LogP contribution in [0.15, 0.2) is 118 Å². The van der Waals surface area contributed by atoms with Gasteiger partial charge in [0.1, 0.15) is 57.4 Å². The van der Waals surface area contributed by atoms with Crippen LogP contribution in [0.3, 0.4) is 0 Å². The molecule has 0 aromatic carbocycles. The summed E-state index contributed by atoms with van der Waals surface area (Å²) in [5.74, 6) is 5.16. The third-order valence-corrected chi connectivity index (χ3v) is 11.5. The smallest absolute Gasteiger partial charge is 0.226 e. The monoisotopic (exact) mass is 1110 g/mol. The van der Waals surface area contributed by atoms with E-state index in [4.69, 9.17) is 59.8 Å². The molecule has 12 heterocycles. The molecule has 0 aliphatic heterocycles. The van der Waals surface area contributed by atoms with E-state index in [2.05, 4.69) is 107 Å². The standard InChI is InChI=1S/C14H16ClN5O.C13H14ClN5O.C11H9ClN6.C10H8ClN5O/c1-20(2)8-9-6-16-12-11(9)13(19-14(15)18-12)17-7-10-4-3-5-21-10;1-15-5-8-6-16-11-10(8)12(19-13(14)18-11)17-7-9-3-2-4-20-9;12-11-17-9-8(2-3-13-9)10(18-11)14-5-7-1-4-15-16-6-7;11-10-15-8-7(2-3-12-8)9(16-10)13-5-6-1-4-14-17-6/h3-6H,7-8H2,1-2H3,(H2,16,17,18,19);2-4,6,15H,5,7H2,1H3,(H2,16,17,18,19);1-4,6H,5H2,(H2,13,14,17,18);1-4H,5H2,(H2,12,13,15,16). The molecule has 24 nitrogen and oxygen atoms in total. The number of anilines is 4. The molecule has 0 spiro atoms. The van der Waals surface area contributed by atoms with Crippen molar-refractivity contribution in [2.24, 2.45) is 0 Å². The van der Waals surface area contributed by atoms with Gasteiger partial charge in [0.25, 0.3) is 0 Å². The summed E-state index contributed by atoms with van der Waals surface area (Å²) >= 11 is 23.6. The zero-order valence-corrected chi connectivity index (χ0v) is 43.7. The van der Waals surface area contributed by atoms with Crippen LogP contribution < -0.4 is 26.6 Å². The number of furan rings is 2. The summed E-state index contributed by atoms with van der Waals surface area (Å²) in [7, 11) is 5.93. The Balaban J connectivity index is 0.000000124. The van der Waals surface area contributed by atoms with E-state index < -0.39 is 0 Å². The summed E-state index contributed by atoms with van der Waals surface area (Å²) < 4.78 is 15.6. The third-order valence-electron chi connectivity index (χ3n) is 10.8. The Morgan fingerprint density at radius 3 is 1.53 bits per heavy atom. The van der Waals surface area contributed by atoms with Gasteiger partial charge in [-0.3, -0.25) is 0 Å². The molecule has 0 amide bonds. The lowest BCUT2D eigenvalue weighted by molar-refractivity contribution is 0.388. The zero-order chi connectivity index (χ0) is 52.8. The van der Waals surface area contributed by atoms with Crippen molar-refractivity contribution >= 4 is 114 Å². The van der Waals surface area contributed by atoms with E-state index in [0.29, 0.717) is 60.7 Å². The van der Waals surface area contributed by atoms with Crippen molar-refractivity contribution in [1.82, 2.24) is 85.4 Å². The molecule has 0 aliphatic rings. The SMILES string of the molecule is CN(C)Cc1c[nH]c2nc(Cl)nc(NCc3ccco3)c12.CNCc1c[nH]c2nc(Cl)nc(NCc3ccco3)c12.Clc1nc(NCc2ccnnc2)c2cc[nH]c2n1.Clc1nc(NCc2ccno2)c2cc[nH]c2n1. The zero-order valence-electron chi connectivity index (χ0n) is 40.7. The van der Waals surface area contributed by atoms with Crippen LogP contribution in [0.2, 0.25) is 21.1 Å². The lowest BCUT2D eigenvalue weighted by atomic mass is 10.2. The van der Waals surface area contributed by atoms with Crippen molar-refractivity contribution < 1.29 is 13.4 Å². The van der Waals surface area contributed by atoms with Gasteiger partial charge in [-0.05, 0) is 127 Å². The third kappa shape index (κ3) is 13.7. The van der Waals surface area contributed by atoms with Crippen LogP contribution in [0, 0.1) is 0 Å². The Kier molecular flexibility index (Phi) is 17.4. The molecule has 0 radical (unpaired) electrons. The fourth-order valence-electron chi connectivity index (χ4n) is 7.57. The van der Waals surface area contributed by atoms with Gasteiger partial charge in [0, 0.05) is 56.7 Å². The van der Waals surface area contributed by atoms with Crippen LogP contribution in [0.25, 0.3) is 44.1 Å². The van der Waals surface area contributed by atoms with Crippen molar-refractivity contribution in [1.29, 1.82) is 0 Å². The Bertz CT molecular complexity index is 3710. The van der Waals surface area contributed by atoms with Crippen LogP contribution >= 0.6 is 46.4 Å². The number of nitrogens with one attached hydrogen (secondary N) is 9. The normalized spacial score (nSPS) is 11.1. The predicted molar refractivity (Wildman–Crippen MR) is 291 cm³/mol. The molecule has 12 aromatic rings. The molecule has 28 heteroatoms. The van der Waals surface area contributed by atoms with Gasteiger partial charge in [-0.15, -0.1) is 0 Å². The fraction of sp³-hybridized carbons (Fsp3) is 0.188. The van der Waals surface area contributed by atoms with E-state index in [0.717, 1.165) is 79.9 Å². The molecule has 12 rings (SSSR count). The second kappa shape index (κ2) is 25.2. The average molecular weight is 1110 g/mol. The predicted octanol–water partition coefficient (Wildman–Crippen LogP) is 9.64. The first-order chi connectivity index (χ1) is 37.1. The molecule has 76 heavy (non-hydrogen) atoms. The number of aromatic amines is 4. The molecule has 0 fully saturated rings. The summed E-state index contributed by atoms with van der Waals surface area (Å²) in [6.45, 7) is 3.69. The number of nitrogens with zero attached hydrogens (tertiary/aromatic N) is 12. The van der Waals surface area contributed by atoms with Gasteiger partial charge >= 0.3 is 0 Å². The number of hydrogen-bond acceptors (Lipinski definition) is 20. The van der Waals surface area contributed by atoms with Gasteiger partial charge in [-0.25, -0.2) is 19.9 Å². The van der Waals surface area contributed by atoms with Gasteiger partial charge in [0.05, 0.1) is 66.1 Å². The van der Waals surface area contributed by atoms with Crippen molar-refractivity contribution in [2.45, 2.75) is 39.3 Å². The second-order valence-electron chi connectivity index (χ2n) is 16.5. The molecule has 390 valence electrons. The minimum Gasteiger partial charge on any atom is -0.467 e. The van der Waals surface area contributed by atoms with E-state index in [9.17, 15) is 0 Å². The largest absolute Gasteiger partial charge is 0.467 e. The van der Waals surface area contributed by atoms with Crippen molar-refractivity contribution in [3.8, 4) is 0 Å². The van der Waals surface area contributed by atoms with Crippen molar-refractivity contribution in [2.75, 3.05) is 42.4 Å². The van der Waals surface area contributed by atoms with Crippen LogP contribution in [0.4, 0.5) is 23.3 Å². The highest BCUT2D eigenvalue weighted by atomic mass is 35.5. The maximum Gasteiger partial charge on any atom is 0.226 e. The van der Waals surface area contributed by atoms with E-state index >= 15 is 0 Å². The number of halogens is 4. The first kappa shape index (κ1) is 52.5. The van der Waals surface area contributed by atoms with Crippen molar-refractivity contribution in [3.63, 3.8) is 0 Å². The van der Waals surface area contributed by atoms with E-state index in [1.165, 1.54) is 0 Å². The number of hydrogen-bond donors (Lipinski definition) is 9. The van der Waals surface area contributed by atoms with E-state index in [1.807, 2.05) is 76.0 Å². The summed E-state index contributed by atoms with van der Waals surface area (Å²) in [6, 6.07) is 15.0. The average Bonchev–Trinajstić information content (AvgIpc) is 4.27. The lowest BCUT2D eigenvalue weighted by Crippen LogP contribution is -2.11. The van der Waals surface area contributed by atoms with Crippen LogP contribution in [0.1, 0.15) is 34.0 Å². The minimum atomic E-state index is 0.194. The number of H-pyrrole nitrogens is 4. The maximum absolute atomic E-state index is 5.98. The van der Waals surface area contributed by atoms with Gasteiger partial charge in [0.2, 0.25) is 21.1 Å². The molecule has 0 bridgehead atoms. The molecular weight excluding hydrogens is 1060 g/mol. The molecule has 12 aromatic heterocycles. The number of rotatable bonds is 16. The Hall–Kier alpha value is -8.39. The molecule has 0 unspecified atom stereocenters. The molecule has 0 saturated heterocycles. The lowest BCUT2D eigenvalue weighted by Gasteiger charge is -2.11. The summed E-state index contributed by atoms with van der Waals surface area (Å²) in [6.07, 6.45) is 15.7. The van der Waals surface area contributed by atoms with Gasteiger partial charge in [-0.2, -0.15) is 30.1 Å². The highest BCUT2D eigenvalue weighted by Crippen LogP contribution is 2.29. The maximum atomic E-state index is 5.98. The molecule has 9 N–H and O–H groups in total. The Morgan fingerprint density at radius 1 is 0.513 bits per heavy atom. The van der Waals surface area contributed by atoms with Crippen molar-refractivity contribution in [3.05, 3.63) is 160 Å². The summed E-state index contributed by atoms with van der Waals surface area (Å²) in [5, 5.41) is 31.6. The van der Waals surface area contributed by atoms with Gasteiger partial charge in [-0.1, -0.05) is 5.16 Å². The molecule has 0 saturated carbocycles. The fourth-order valence-corrected chi connectivity index (χ4v) is 8.24. The van der Waals surface area contributed by atoms with Gasteiger partial charge < -0.3 is 64.8 Å². The number of aromatic nitrogens is 15. The summed E-state index contributed by atoms with van der Waals surface area (Å²) in [5.41, 5.74) is 6.08. The second-order valence-corrected chi connectivity index (χ2v) is 17.8. The highest BCUT2D eigenvalue weighted by Gasteiger charge is 2.16. The van der Waals surface area contributed by atoms with Gasteiger partial charge in [0.15, 0.2) is 5.76 Å². The Labute approximate surface area is 451 Å². The van der Waals surface area contributed by atoms with Crippen LogP contribution in [0.5, 0.6) is 0 Å². The Morgan fingerprint density at radius 2 is 1.03 bits per heavy atom. The van der Waals surface area contributed by atoms with E-state index in [-0.39, 0.29) is 21.1 Å². The molecular formula is C48H47Cl4N21O3.